The molecule has 0 saturated heterocycles. The first-order chi connectivity index (χ1) is 8.70. The molecular formula is C11H9ClN2O3S. The summed E-state index contributed by atoms with van der Waals surface area (Å²) in [4.78, 5) is 15.2. The van der Waals surface area contributed by atoms with Crippen molar-refractivity contribution in [2.75, 3.05) is 0 Å². The summed E-state index contributed by atoms with van der Waals surface area (Å²) in [5.74, 6) is 0.515. The molecule has 1 heterocycles. The summed E-state index contributed by atoms with van der Waals surface area (Å²) in [6, 6.07) is 4.61. The second kappa shape index (κ2) is 5.79. The zero-order valence-electron chi connectivity index (χ0n) is 9.21. The molecule has 0 radical (unpaired) electrons. The fourth-order valence-corrected chi connectivity index (χ4v) is 2.04. The number of rotatable bonds is 5. The van der Waals surface area contributed by atoms with Gasteiger partial charge in [-0.1, -0.05) is 6.07 Å². The molecule has 0 aliphatic heterocycles. The molecule has 0 amide bonds. The number of alkyl halides is 1. The van der Waals surface area contributed by atoms with Crippen LogP contribution in [0.3, 0.4) is 0 Å². The zero-order valence-corrected chi connectivity index (χ0v) is 10.8. The van der Waals surface area contributed by atoms with Crippen LogP contribution in [0.25, 0.3) is 0 Å². The number of hydrogen-bond donors (Lipinski definition) is 0. The zero-order chi connectivity index (χ0) is 13.0. The maximum Gasteiger partial charge on any atom is 0.310 e. The number of nitrogens with zero attached hydrogens (tertiary/aromatic N) is 2. The average Bonchev–Trinajstić information content (AvgIpc) is 2.88. The topological polar surface area (TPSA) is 65.3 Å². The van der Waals surface area contributed by atoms with Crippen LogP contribution in [0.5, 0.6) is 5.75 Å². The maximum atomic E-state index is 10.9. The van der Waals surface area contributed by atoms with Gasteiger partial charge in [0.25, 0.3) is 0 Å². The lowest BCUT2D eigenvalue weighted by atomic mass is 10.2. The van der Waals surface area contributed by atoms with Crippen LogP contribution < -0.4 is 4.74 Å². The molecule has 0 aliphatic rings. The second-order valence-corrected chi connectivity index (χ2v) is 4.69. The van der Waals surface area contributed by atoms with Gasteiger partial charge >= 0.3 is 5.69 Å². The number of halogens is 1. The Morgan fingerprint density at radius 3 is 2.94 bits per heavy atom. The van der Waals surface area contributed by atoms with Gasteiger partial charge in [-0.2, -0.15) is 0 Å². The van der Waals surface area contributed by atoms with Crippen LogP contribution in [-0.2, 0) is 12.5 Å². The van der Waals surface area contributed by atoms with Crippen LogP contribution in [0.4, 0.5) is 5.69 Å². The number of benzene rings is 1. The van der Waals surface area contributed by atoms with Crippen LogP contribution in [-0.4, -0.2) is 9.91 Å². The molecule has 0 spiro atoms. The summed E-state index contributed by atoms with van der Waals surface area (Å²) < 4.78 is 5.46. The van der Waals surface area contributed by atoms with Gasteiger partial charge in [0.2, 0.25) is 0 Å². The molecule has 5 nitrogen and oxygen atoms in total. The molecule has 94 valence electrons. The molecular weight excluding hydrogens is 276 g/mol. The number of ether oxygens (including phenoxy) is 1. The van der Waals surface area contributed by atoms with Crippen molar-refractivity contribution >= 4 is 28.6 Å². The molecule has 1 aromatic heterocycles. The highest BCUT2D eigenvalue weighted by Gasteiger charge is 2.15. The number of thiazole rings is 1. The number of aromatic nitrogens is 1. The predicted octanol–water partition coefficient (Wildman–Crippen LogP) is 3.37. The van der Waals surface area contributed by atoms with Gasteiger partial charge < -0.3 is 4.74 Å². The third-order valence-electron chi connectivity index (χ3n) is 2.23. The predicted molar refractivity (Wildman–Crippen MR) is 69.1 cm³/mol. The van der Waals surface area contributed by atoms with E-state index in [1.807, 2.05) is 0 Å². The molecule has 2 aromatic rings. The van der Waals surface area contributed by atoms with Crippen LogP contribution >= 0.6 is 22.9 Å². The number of nitro benzene ring substituents is 1. The molecule has 0 atom stereocenters. The van der Waals surface area contributed by atoms with Crippen molar-refractivity contribution in [1.82, 2.24) is 4.98 Å². The number of hydrogen-bond acceptors (Lipinski definition) is 5. The lowest BCUT2D eigenvalue weighted by Gasteiger charge is -2.06. The quantitative estimate of drug-likeness (QED) is 0.480. The smallest absolute Gasteiger partial charge is 0.310 e. The second-order valence-electron chi connectivity index (χ2n) is 3.45. The molecule has 0 N–H and O–H groups in total. The van der Waals surface area contributed by atoms with Gasteiger partial charge in [-0.15, -0.1) is 22.9 Å². The fraction of sp³-hybridized carbons (Fsp3) is 0.182. The maximum absolute atomic E-state index is 10.9. The van der Waals surface area contributed by atoms with E-state index in [0.29, 0.717) is 0 Å². The highest BCUT2D eigenvalue weighted by molar-refractivity contribution is 7.09. The van der Waals surface area contributed by atoms with Crippen molar-refractivity contribution in [1.29, 1.82) is 0 Å². The Labute approximate surface area is 112 Å². The van der Waals surface area contributed by atoms with Gasteiger partial charge in [0.1, 0.15) is 6.61 Å². The van der Waals surface area contributed by atoms with Crippen molar-refractivity contribution in [2.24, 2.45) is 0 Å². The molecule has 7 heteroatoms. The normalized spacial score (nSPS) is 10.3. The largest absolute Gasteiger partial charge is 0.481 e. The van der Waals surface area contributed by atoms with E-state index in [0.717, 1.165) is 10.4 Å². The van der Waals surface area contributed by atoms with E-state index in [2.05, 4.69) is 4.98 Å². The van der Waals surface area contributed by atoms with E-state index < -0.39 is 4.92 Å². The minimum Gasteiger partial charge on any atom is -0.481 e. The van der Waals surface area contributed by atoms with E-state index in [4.69, 9.17) is 16.3 Å². The van der Waals surface area contributed by atoms with Gasteiger partial charge in [-0.25, -0.2) is 0 Å². The van der Waals surface area contributed by atoms with Gasteiger partial charge in [0.15, 0.2) is 5.75 Å². The fourth-order valence-electron chi connectivity index (χ4n) is 1.37. The van der Waals surface area contributed by atoms with Crippen molar-refractivity contribution in [3.63, 3.8) is 0 Å². The summed E-state index contributed by atoms with van der Waals surface area (Å²) in [6.07, 6.45) is 1.67. The van der Waals surface area contributed by atoms with E-state index in [1.54, 1.807) is 23.8 Å². The standard InChI is InChI=1S/C11H9ClN2O3S/c12-4-8-1-2-10(14(15)16)11(3-8)17-6-9-5-13-7-18-9/h1-3,5,7H,4,6H2. The summed E-state index contributed by atoms with van der Waals surface area (Å²) in [5, 5.41) is 10.9. The Morgan fingerprint density at radius 2 is 2.33 bits per heavy atom. The molecule has 0 unspecified atom stereocenters. The Balaban J connectivity index is 2.20. The first-order valence-corrected chi connectivity index (χ1v) is 6.45. The van der Waals surface area contributed by atoms with Gasteiger partial charge in [-0.05, 0) is 11.6 Å². The number of nitro groups is 1. The Morgan fingerprint density at radius 1 is 1.50 bits per heavy atom. The van der Waals surface area contributed by atoms with Crippen LogP contribution in [0, 0.1) is 10.1 Å². The first kappa shape index (κ1) is 12.8. The Hall–Kier alpha value is -1.66. The lowest BCUT2D eigenvalue weighted by molar-refractivity contribution is -0.386. The molecule has 0 fully saturated rings. The molecule has 2 rings (SSSR count). The van der Waals surface area contributed by atoms with Gasteiger partial charge in [-0.3, -0.25) is 15.1 Å². The van der Waals surface area contributed by atoms with Gasteiger partial charge in [0.05, 0.1) is 15.3 Å². The SMILES string of the molecule is O=[N+]([O-])c1ccc(CCl)cc1OCc1cncs1. The Bertz CT molecular complexity index is 545. The third-order valence-corrected chi connectivity index (χ3v) is 3.29. The molecule has 0 bridgehead atoms. The third kappa shape index (κ3) is 2.96. The molecule has 1 aromatic carbocycles. The summed E-state index contributed by atoms with van der Waals surface area (Å²) in [7, 11) is 0. The monoisotopic (exact) mass is 284 g/mol. The minimum absolute atomic E-state index is 0.0617. The minimum atomic E-state index is -0.472. The van der Waals surface area contributed by atoms with Crippen LogP contribution in [0.15, 0.2) is 29.9 Å². The molecule has 18 heavy (non-hydrogen) atoms. The molecule has 0 aliphatic carbocycles. The van der Waals surface area contributed by atoms with E-state index in [9.17, 15) is 10.1 Å². The van der Waals surface area contributed by atoms with E-state index in [-0.39, 0.29) is 23.9 Å². The first-order valence-electron chi connectivity index (χ1n) is 5.04. The van der Waals surface area contributed by atoms with Crippen molar-refractivity contribution in [3.05, 3.63) is 50.5 Å². The summed E-state index contributed by atoms with van der Waals surface area (Å²) in [6.45, 7) is 0.261. The lowest BCUT2D eigenvalue weighted by Crippen LogP contribution is -1.98. The summed E-state index contributed by atoms with van der Waals surface area (Å²) >= 11 is 7.13. The highest BCUT2D eigenvalue weighted by atomic mass is 35.5. The van der Waals surface area contributed by atoms with Crippen molar-refractivity contribution in [2.45, 2.75) is 12.5 Å². The highest BCUT2D eigenvalue weighted by Crippen LogP contribution is 2.29. The molecule has 0 saturated carbocycles. The summed E-state index contributed by atoms with van der Waals surface area (Å²) in [5.41, 5.74) is 2.40. The van der Waals surface area contributed by atoms with Crippen molar-refractivity contribution in [3.8, 4) is 5.75 Å². The van der Waals surface area contributed by atoms with Crippen LogP contribution in [0.1, 0.15) is 10.4 Å². The van der Waals surface area contributed by atoms with Crippen LogP contribution in [0.2, 0.25) is 0 Å². The average molecular weight is 285 g/mol. The Kier molecular flexibility index (Phi) is 4.11. The van der Waals surface area contributed by atoms with Gasteiger partial charge in [0, 0.05) is 18.1 Å². The van der Waals surface area contributed by atoms with E-state index >= 15 is 0 Å². The van der Waals surface area contributed by atoms with E-state index in [1.165, 1.54) is 17.4 Å². The van der Waals surface area contributed by atoms with Crippen molar-refractivity contribution < 1.29 is 9.66 Å².